The molecular weight excluding hydrogens is 589 g/mol. The van der Waals surface area contributed by atoms with E-state index in [0.29, 0.717) is 32.7 Å². The third-order valence-corrected chi connectivity index (χ3v) is 9.05. The number of ether oxygens (including phenoxy) is 1. The predicted octanol–water partition coefficient (Wildman–Crippen LogP) is 7.10. The van der Waals surface area contributed by atoms with E-state index >= 15 is 0 Å². The number of benzene rings is 2. The smallest absolute Gasteiger partial charge is 0.412 e. The van der Waals surface area contributed by atoms with E-state index in [1.165, 1.54) is 40.8 Å². The van der Waals surface area contributed by atoms with Crippen LogP contribution in [0.5, 0.6) is 11.6 Å². The molecule has 0 aliphatic rings. The van der Waals surface area contributed by atoms with Crippen LogP contribution < -0.4 is 15.0 Å². The number of carboxylic acid groups (broad SMARTS) is 1. The molecule has 6 aromatic rings. The largest absolute Gasteiger partial charge is 0.465 e. The molecule has 0 aliphatic heterocycles. The number of amides is 1. The number of hydrogen-bond donors (Lipinski definition) is 2. The van der Waals surface area contributed by atoms with E-state index in [1.54, 1.807) is 54.6 Å². The molecule has 0 bridgehead atoms. The summed E-state index contributed by atoms with van der Waals surface area (Å²) in [7, 11) is -3.82. The van der Waals surface area contributed by atoms with Gasteiger partial charge < -0.3 is 15.2 Å². The van der Waals surface area contributed by atoms with E-state index in [4.69, 9.17) is 4.74 Å². The summed E-state index contributed by atoms with van der Waals surface area (Å²) in [5, 5.41) is 15.4. The second kappa shape index (κ2) is 10.7. The summed E-state index contributed by atoms with van der Waals surface area (Å²) in [5.74, 6) is 0.911. The third kappa shape index (κ3) is 5.47. The Morgan fingerprint density at radius 3 is 2.56 bits per heavy atom. The van der Waals surface area contributed by atoms with Crippen molar-refractivity contribution in [1.29, 1.82) is 0 Å². The fourth-order valence-electron chi connectivity index (χ4n) is 4.65. The minimum Gasteiger partial charge on any atom is -0.465 e. The summed E-state index contributed by atoms with van der Waals surface area (Å²) in [5.41, 5.74) is 1.37. The SMILES string of the molecule is CC(C)(C)N(C(=O)O)c1cccc(Nc2nc(Oc3cnc4c(ccn4S(=O)(=O)c4ccccc4)c3)c3sccc3n2)c1. The van der Waals surface area contributed by atoms with Gasteiger partial charge in [-0.15, -0.1) is 11.3 Å². The molecule has 0 spiro atoms. The van der Waals surface area contributed by atoms with Crippen molar-refractivity contribution >= 4 is 66.0 Å². The van der Waals surface area contributed by atoms with Crippen LogP contribution in [-0.4, -0.2) is 44.1 Å². The van der Waals surface area contributed by atoms with E-state index in [-0.39, 0.29) is 22.4 Å². The Morgan fingerprint density at radius 2 is 1.81 bits per heavy atom. The Bertz CT molecular complexity index is 2090. The van der Waals surface area contributed by atoms with Crippen LogP contribution in [0.4, 0.5) is 22.1 Å². The van der Waals surface area contributed by atoms with E-state index in [9.17, 15) is 18.3 Å². The van der Waals surface area contributed by atoms with Gasteiger partial charge in [0, 0.05) is 28.5 Å². The lowest BCUT2D eigenvalue weighted by Crippen LogP contribution is -2.45. The summed E-state index contributed by atoms with van der Waals surface area (Å²) in [6.07, 6.45) is 1.85. The first-order valence-electron chi connectivity index (χ1n) is 13.1. The monoisotopic (exact) mass is 614 g/mol. The fourth-order valence-corrected chi connectivity index (χ4v) is 6.73. The van der Waals surface area contributed by atoms with Crippen molar-refractivity contribution in [3.05, 3.63) is 90.6 Å². The number of thiophene rings is 1. The molecule has 43 heavy (non-hydrogen) atoms. The number of rotatable bonds is 7. The lowest BCUT2D eigenvalue weighted by atomic mass is 10.1. The van der Waals surface area contributed by atoms with Gasteiger partial charge in [0.25, 0.3) is 10.0 Å². The molecule has 4 heterocycles. The highest BCUT2D eigenvalue weighted by molar-refractivity contribution is 7.90. The van der Waals surface area contributed by atoms with E-state index < -0.39 is 21.7 Å². The second-order valence-electron chi connectivity index (χ2n) is 10.6. The van der Waals surface area contributed by atoms with Gasteiger partial charge in [0.2, 0.25) is 11.8 Å². The highest BCUT2D eigenvalue weighted by Crippen LogP contribution is 2.35. The summed E-state index contributed by atoms with van der Waals surface area (Å²) >= 11 is 1.42. The Kier molecular flexibility index (Phi) is 6.98. The zero-order valence-electron chi connectivity index (χ0n) is 23.3. The van der Waals surface area contributed by atoms with Crippen molar-refractivity contribution in [2.24, 2.45) is 0 Å². The molecule has 2 N–H and O–H groups in total. The molecule has 0 atom stereocenters. The van der Waals surface area contributed by atoms with Gasteiger partial charge in [-0.3, -0.25) is 4.90 Å². The van der Waals surface area contributed by atoms with Gasteiger partial charge in [-0.25, -0.2) is 27.2 Å². The van der Waals surface area contributed by atoms with Gasteiger partial charge in [0.15, 0.2) is 5.65 Å². The first kappa shape index (κ1) is 28.1. The highest BCUT2D eigenvalue weighted by atomic mass is 32.2. The maximum absolute atomic E-state index is 13.2. The van der Waals surface area contributed by atoms with Crippen molar-refractivity contribution in [1.82, 2.24) is 18.9 Å². The van der Waals surface area contributed by atoms with Crippen LogP contribution in [0.2, 0.25) is 0 Å². The molecule has 2 aromatic carbocycles. The average Bonchev–Trinajstić information content (AvgIpc) is 3.60. The first-order chi connectivity index (χ1) is 20.5. The minimum atomic E-state index is -3.82. The Labute approximate surface area is 251 Å². The quantitative estimate of drug-likeness (QED) is 0.193. The molecule has 1 amide bonds. The minimum absolute atomic E-state index is 0.162. The van der Waals surface area contributed by atoms with Gasteiger partial charge >= 0.3 is 6.09 Å². The van der Waals surface area contributed by atoms with Crippen molar-refractivity contribution in [2.45, 2.75) is 31.2 Å². The van der Waals surface area contributed by atoms with Gasteiger partial charge in [0.1, 0.15) is 10.4 Å². The van der Waals surface area contributed by atoms with Crippen LogP contribution in [0.25, 0.3) is 21.3 Å². The molecule has 0 unspecified atom stereocenters. The molecule has 6 rings (SSSR count). The summed E-state index contributed by atoms with van der Waals surface area (Å²) in [6, 6.07) is 20.4. The number of carbonyl (C=O) groups is 1. The van der Waals surface area contributed by atoms with Crippen LogP contribution in [0, 0.1) is 0 Å². The molecular formula is C30H26N6O5S2. The van der Waals surface area contributed by atoms with Crippen LogP contribution in [0.3, 0.4) is 0 Å². The summed E-state index contributed by atoms with van der Waals surface area (Å²) in [4.78, 5) is 27.0. The summed E-state index contributed by atoms with van der Waals surface area (Å²) < 4.78 is 34.4. The van der Waals surface area contributed by atoms with Gasteiger partial charge in [-0.2, -0.15) is 4.98 Å². The van der Waals surface area contributed by atoms with Gasteiger partial charge in [0.05, 0.1) is 16.6 Å². The van der Waals surface area contributed by atoms with E-state index in [1.807, 2.05) is 32.2 Å². The maximum Gasteiger partial charge on any atom is 0.412 e. The number of anilines is 3. The lowest BCUT2D eigenvalue weighted by molar-refractivity contribution is 0.195. The average molecular weight is 615 g/mol. The molecule has 13 heteroatoms. The van der Waals surface area contributed by atoms with Crippen LogP contribution in [0.15, 0.2) is 95.5 Å². The molecule has 4 aromatic heterocycles. The Hall–Kier alpha value is -5.01. The van der Waals surface area contributed by atoms with Gasteiger partial charge in [-0.1, -0.05) is 24.3 Å². The maximum atomic E-state index is 13.2. The van der Waals surface area contributed by atoms with Crippen molar-refractivity contribution < 1.29 is 23.1 Å². The zero-order chi connectivity index (χ0) is 30.4. The number of nitrogens with one attached hydrogen (secondary N) is 1. The number of pyridine rings is 1. The van der Waals surface area contributed by atoms with Crippen molar-refractivity contribution in [2.75, 3.05) is 10.2 Å². The summed E-state index contributed by atoms with van der Waals surface area (Å²) in [6.45, 7) is 5.46. The van der Waals surface area contributed by atoms with Crippen molar-refractivity contribution in [3.8, 4) is 11.6 Å². The molecule has 0 saturated heterocycles. The molecule has 0 aliphatic carbocycles. The second-order valence-corrected chi connectivity index (χ2v) is 13.3. The Morgan fingerprint density at radius 1 is 1.02 bits per heavy atom. The van der Waals surface area contributed by atoms with Crippen molar-refractivity contribution in [3.63, 3.8) is 0 Å². The molecule has 0 radical (unpaired) electrons. The molecule has 0 fully saturated rings. The van der Waals surface area contributed by atoms with Crippen LogP contribution in [-0.2, 0) is 10.0 Å². The Balaban J connectivity index is 1.31. The zero-order valence-corrected chi connectivity index (χ0v) is 24.9. The van der Waals surface area contributed by atoms with E-state index in [2.05, 4.69) is 20.3 Å². The van der Waals surface area contributed by atoms with E-state index in [0.717, 1.165) is 3.97 Å². The standard InChI is InChI=1S/C30H26N6O5S2/c1-30(2,3)36(29(37)38)21-9-7-8-20(17-21)32-28-33-24-13-15-42-25(24)27(34-28)41-22-16-19-12-14-35(26(19)31-18-22)43(39,40)23-10-5-4-6-11-23/h4-18H,1-3H3,(H,37,38)(H,32,33,34). The van der Waals surface area contributed by atoms with Crippen LogP contribution >= 0.6 is 11.3 Å². The fraction of sp³-hybridized carbons (Fsp3) is 0.133. The van der Waals surface area contributed by atoms with Crippen LogP contribution in [0.1, 0.15) is 20.8 Å². The number of fused-ring (bicyclic) bond motifs is 2. The third-order valence-electron chi connectivity index (χ3n) is 6.48. The topological polar surface area (TPSA) is 140 Å². The highest BCUT2D eigenvalue weighted by Gasteiger charge is 2.28. The predicted molar refractivity (Wildman–Crippen MR) is 166 cm³/mol. The van der Waals surface area contributed by atoms with Gasteiger partial charge in [-0.05, 0) is 74.7 Å². The molecule has 11 nitrogen and oxygen atoms in total. The molecule has 0 saturated carbocycles. The number of hydrogen-bond acceptors (Lipinski definition) is 9. The molecule has 218 valence electrons. The normalized spacial score (nSPS) is 12.0. The lowest BCUT2D eigenvalue weighted by Gasteiger charge is -2.33. The first-order valence-corrected chi connectivity index (χ1v) is 15.4. The number of aromatic nitrogens is 4. The number of nitrogens with zero attached hydrogens (tertiary/aromatic N) is 5.